The number of alkyl halides is 1. The van der Waals surface area contributed by atoms with Crippen LogP contribution in [0.1, 0.15) is 56.8 Å². The third kappa shape index (κ3) is 3.81. The average molecular weight is 577 g/mol. The first kappa shape index (κ1) is 28.8. The summed E-state index contributed by atoms with van der Waals surface area (Å²) in [6.45, 7) is 4.22. The highest BCUT2D eigenvalue weighted by atomic mass is 32.2. The summed E-state index contributed by atoms with van der Waals surface area (Å²) in [7, 11) is -4.57. The number of ether oxygens (including phenoxy) is 1. The molecule has 0 radical (unpaired) electrons. The Morgan fingerprint density at radius 2 is 1.90 bits per heavy atom. The van der Waals surface area contributed by atoms with E-state index in [1.165, 1.54) is 30.4 Å². The van der Waals surface area contributed by atoms with Crippen LogP contribution in [0.15, 0.2) is 53.0 Å². The van der Waals surface area contributed by atoms with Gasteiger partial charge in [0.05, 0.1) is 16.6 Å². The Balaban J connectivity index is 1.41. The Bertz CT molecular complexity index is 1470. The maximum atomic E-state index is 17.3. The number of ketones is 2. The second kappa shape index (κ2) is 9.14. The van der Waals surface area contributed by atoms with Gasteiger partial charge in [-0.15, -0.1) is 0 Å². The summed E-state index contributed by atoms with van der Waals surface area (Å²) in [6, 6.07) is 4.48. The lowest BCUT2D eigenvalue weighted by molar-refractivity contribution is -0.219. The predicted octanol–water partition coefficient (Wildman–Crippen LogP) is 3.01. The van der Waals surface area contributed by atoms with Crippen molar-refractivity contribution in [2.24, 2.45) is 28.6 Å². The van der Waals surface area contributed by atoms with E-state index in [9.17, 15) is 37.6 Å². The van der Waals surface area contributed by atoms with Crippen LogP contribution < -0.4 is 0 Å². The number of fused-ring (bicyclic) bond motifs is 5. The topological polar surface area (TPSA) is 155 Å². The van der Waals surface area contributed by atoms with Gasteiger partial charge in [-0.3, -0.25) is 14.1 Å². The van der Waals surface area contributed by atoms with Crippen LogP contribution in [0, 0.1) is 28.6 Å². The number of benzene rings is 1. The largest absolute Gasteiger partial charge is 0.454 e. The molecule has 1 aromatic carbocycles. The molecule has 3 N–H and O–H groups in total. The van der Waals surface area contributed by atoms with Crippen LogP contribution in [-0.2, 0) is 24.4 Å². The van der Waals surface area contributed by atoms with Crippen molar-refractivity contribution in [3.63, 3.8) is 0 Å². The molecule has 0 amide bonds. The van der Waals surface area contributed by atoms with Crippen molar-refractivity contribution in [3.05, 3.63) is 53.6 Å². The van der Waals surface area contributed by atoms with Crippen molar-refractivity contribution in [2.75, 3.05) is 6.61 Å². The highest BCUT2D eigenvalue weighted by Gasteiger charge is 2.75. The Kier molecular flexibility index (Phi) is 6.58. The molecule has 40 heavy (non-hydrogen) atoms. The summed E-state index contributed by atoms with van der Waals surface area (Å²) in [4.78, 5) is 37.7. The molecule has 3 saturated carbocycles. The number of carbonyl (C=O) groups is 3. The van der Waals surface area contributed by atoms with Gasteiger partial charge in [-0.25, -0.2) is 9.18 Å². The van der Waals surface area contributed by atoms with Crippen molar-refractivity contribution in [1.82, 2.24) is 0 Å². The maximum absolute atomic E-state index is 17.3. The number of aliphatic hydroxyl groups is 2. The van der Waals surface area contributed by atoms with E-state index in [1.54, 1.807) is 20.8 Å². The van der Waals surface area contributed by atoms with Gasteiger partial charge in [0.1, 0.15) is 5.60 Å². The molecule has 0 heterocycles. The van der Waals surface area contributed by atoms with Gasteiger partial charge in [0.15, 0.2) is 18.1 Å². The highest BCUT2D eigenvalue weighted by molar-refractivity contribution is 7.85. The van der Waals surface area contributed by atoms with Crippen LogP contribution in [0.5, 0.6) is 0 Å². The summed E-state index contributed by atoms with van der Waals surface area (Å²) in [6.07, 6.45) is 3.64. The SMILES string of the molecule is C[C@H]1C[C@@H]2[C@H]3CCC4=CC(=O)C=C[C@]4(C)[C@]3(F)[C@@H](O)C[C@]2(C)[C@]1(O)C(=O)COC(=O)c1cccc(S(=O)(=O)O)c1. The van der Waals surface area contributed by atoms with Crippen LogP contribution >= 0.6 is 0 Å². The zero-order valence-electron chi connectivity index (χ0n) is 22.5. The lowest BCUT2D eigenvalue weighted by Crippen LogP contribution is -2.69. The standard InChI is InChI=1S/C29H33FO9S/c1-16-11-22-21-8-7-18-13-19(31)9-10-26(18,2)28(21,30)23(32)14-27(22,3)29(16,35)24(33)15-39-25(34)17-5-4-6-20(12-17)40(36,37)38/h4-6,9-10,12-13,16,21-23,32,35H,7-8,11,14-15H2,1-3H3,(H,36,37,38)/t16-,21+,22+,23-,26-,27-,28+,29+/m0/s1. The van der Waals surface area contributed by atoms with E-state index in [1.807, 2.05) is 0 Å². The van der Waals surface area contributed by atoms with Crippen LogP contribution in [0.2, 0.25) is 0 Å². The van der Waals surface area contributed by atoms with Crippen molar-refractivity contribution in [2.45, 2.75) is 68.7 Å². The van der Waals surface area contributed by atoms with E-state index in [4.69, 9.17) is 4.74 Å². The molecule has 9 nitrogen and oxygen atoms in total. The molecule has 0 saturated heterocycles. The van der Waals surface area contributed by atoms with E-state index in [0.717, 1.165) is 12.1 Å². The molecule has 5 rings (SSSR count). The van der Waals surface area contributed by atoms with Crippen molar-refractivity contribution < 1.29 is 46.7 Å². The molecule has 0 aliphatic heterocycles. The lowest BCUT2D eigenvalue weighted by atomic mass is 9.44. The zero-order chi connectivity index (χ0) is 29.5. The third-order valence-electron chi connectivity index (χ3n) is 10.3. The zero-order valence-corrected chi connectivity index (χ0v) is 23.3. The molecule has 1 aromatic rings. The third-order valence-corrected chi connectivity index (χ3v) is 11.2. The van der Waals surface area contributed by atoms with E-state index in [0.29, 0.717) is 24.8 Å². The first-order valence-electron chi connectivity index (χ1n) is 13.3. The number of aliphatic hydroxyl groups excluding tert-OH is 1. The fourth-order valence-electron chi connectivity index (χ4n) is 8.25. The molecular formula is C29H33FO9S. The van der Waals surface area contributed by atoms with Gasteiger partial charge >= 0.3 is 5.97 Å². The number of carbonyl (C=O) groups excluding carboxylic acids is 3. The van der Waals surface area contributed by atoms with Gasteiger partial charge in [-0.1, -0.05) is 31.6 Å². The Hall–Kier alpha value is -2.73. The predicted molar refractivity (Wildman–Crippen MR) is 139 cm³/mol. The first-order valence-corrected chi connectivity index (χ1v) is 14.8. The summed E-state index contributed by atoms with van der Waals surface area (Å²) >= 11 is 0. The fraction of sp³-hybridized carbons (Fsp3) is 0.552. The summed E-state index contributed by atoms with van der Waals surface area (Å²) in [5.41, 5.74) is -6.17. The molecule has 3 fully saturated rings. The molecule has 4 aliphatic carbocycles. The minimum absolute atomic E-state index is 0.216. The van der Waals surface area contributed by atoms with Crippen LogP contribution in [0.4, 0.5) is 4.39 Å². The van der Waals surface area contributed by atoms with Gasteiger partial charge in [0.25, 0.3) is 10.1 Å². The molecule has 0 spiro atoms. The van der Waals surface area contributed by atoms with E-state index < -0.39 is 79.3 Å². The summed E-state index contributed by atoms with van der Waals surface area (Å²) in [5.74, 6) is -3.86. The van der Waals surface area contributed by atoms with Crippen molar-refractivity contribution in [1.29, 1.82) is 0 Å². The average Bonchev–Trinajstić information content (AvgIpc) is 3.09. The Morgan fingerprint density at radius 3 is 2.58 bits per heavy atom. The lowest BCUT2D eigenvalue weighted by Gasteiger charge is -2.62. The van der Waals surface area contributed by atoms with Gasteiger partial charge in [-0.05, 0) is 74.8 Å². The minimum Gasteiger partial charge on any atom is -0.454 e. The second-order valence-electron chi connectivity index (χ2n) is 12.2. The van der Waals surface area contributed by atoms with Gasteiger partial charge in [0, 0.05) is 16.7 Å². The van der Waals surface area contributed by atoms with Gasteiger partial charge in [-0.2, -0.15) is 8.42 Å². The fourth-order valence-corrected chi connectivity index (χ4v) is 8.77. The summed E-state index contributed by atoms with van der Waals surface area (Å²) in [5, 5.41) is 23.4. The molecule has 8 atom stereocenters. The molecule has 0 bridgehead atoms. The monoisotopic (exact) mass is 576 g/mol. The summed E-state index contributed by atoms with van der Waals surface area (Å²) < 4.78 is 54.4. The quantitative estimate of drug-likeness (QED) is 0.354. The normalized spacial score (nSPS) is 40.5. The van der Waals surface area contributed by atoms with E-state index >= 15 is 4.39 Å². The first-order chi connectivity index (χ1) is 18.5. The molecule has 11 heteroatoms. The van der Waals surface area contributed by atoms with Gasteiger partial charge in [0.2, 0.25) is 5.78 Å². The van der Waals surface area contributed by atoms with Crippen molar-refractivity contribution in [3.8, 4) is 0 Å². The second-order valence-corrected chi connectivity index (χ2v) is 13.6. The van der Waals surface area contributed by atoms with Gasteiger partial charge < -0.3 is 14.9 Å². The number of hydrogen-bond donors (Lipinski definition) is 3. The molecule has 0 aromatic heterocycles. The number of halogens is 1. The van der Waals surface area contributed by atoms with Crippen LogP contribution in [0.25, 0.3) is 0 Å². The Morgan fingerprint density at radius 1 is 1.20 bits per heavy atom. The molecule has 216 valence electrons. The van der Waals surface area contributed by atoms with Crippen LogP contribution in [-0.4, -0.2) is 64.7 Å². The number of esters is 1. The number of hydrogen-bond acceptors (Lipinski definition) is 8. The number of allylic oxidation sites excluding steroid dienone is 4. The number of rotatable bonds is 5. The highest BCUT2D eigenvalue weighted by Crippen LogP contribution is 2.70. The Labute approximate surface area is 231 Å². The van der Waals surface area contributed by atoms with Crippen molar-refractivity contribution >= 4 is 27.7 Å². The smallest absolute Gasteiger partial charge is 0.338 e. The van der Waals surface area contributed by atoms with E-state index in [2.05, 4.69) is 0 Å². The molecule has 4 aliphatic rings. The molecule has 0 unspecified atom stereocenters. The minimum atomic E-state index is -4.57. The number of Topliss-reactive ketones (excluding diaryl/α,β-unsaturated/α-hetero) is 1. The molecular weight excluding hydrogens is 543 g/mol. The van der Waals surface area contributed by atoms with E-state index in [-0.39, 0.29) is 17.8 Å². The van der Waals surface area contributed by atoms with Crippen LogP contribution in [0.3, 0.4) is 0 Å². The maximum Gasteiger partial charge on any atom is 0.338 e.